The Balaban J connectivity index is 1.81. The molecule has 2 aromatic heterocycles. The van der Waals surface area contributed by atoms with Gasteiger partial charge in [-0.15, -0.1) is 4.98 Å². The molecule has 142 valence electrons. The van der Waals surface area contributed by atoms with Crippen molar-refractivity contribution in [2.75, 3.05) is 11.9 Å². The summed E-state index contributed by atoms with van der Waals surface area (Å²) in [4.78, 5) is 12.1. The van der Waals surface area contributed by atoms with E-state index in [1.54, 1.807) is 19.1 Å². The number of hydrogen-bond donors (Lipinski definition) is 1. The molecule has 0 unspecified atom stereocenters. The van der Waals surface area contributed by atoms with Crippen LogP contribution < -0.4 is 14.8 Å². The van der Waals surface area contributed by atoms with Gasteiger partial charge in [0, 0.05) is 0 Å². The van der Waals surface area contributed by atoms with E-state index in [2.05, 4.69) is 20.3 Å². The molecule has 0 amide bonds. The van der Waals surface area contributed by atoms with Crippen LogP contribution in [-0.2, 0) is 12.7 Å². The molecule has 0 saturated carbocycles. The fourth-order valence-electron chi connectivity index (χ4n) is 2.08. The van der Waals surface area contributed by atoms with E-state index < -0.39 is 11.7 Å². The van der Waals surface area contributed by atoms with E-state index in [1.807, 2.05) is 0 Å². The quantitative estimate of drug-likeness (QED) is 0.655. The van der Waals surface area contributed by atoms with Crippen LogP contribution in [0.4, 0.5) is 19.1 Å². The summed E-state index contributed by atoms with van der Waals surface area (Å²) in [5, 5.41) is 2.91. The Bertz CT molecular complexity index is 885. The van der Waals surface area contributed by atoms with E-state index in [9.17, 15) is 13.2 Å². The van der Waals surface area contributed by atoms with E-state index >= 15 is 0 Å². The van der Waals surface area contributed by atoms with Gasteiger partial charge in [-0.05, 0) is 37.3 Å². The lowest BCUT2D eigenvalue weighted by Gasteiger charge is -2.11. The summed E-state index contributed by atoms with van der Waals surface area (Å²) in [7, 11) is 0. The second kappa shape index (κ2) is 7.94. The monoisotopic (exact) mass is 380 g/mol. The van der Waals surface area contributed by atoms with Crippen molar-refractivity contribution in [1.29, 1.82) is 0 Å². The Morgan fingerprint density at radius 3 is 2.59 bits per heavy atom. The average molecular weight is 380 g/mol. The van der Waals surface area contributed by atoms with Crippen molar-refractivity contribution < 1.29 is 27.1 Å². The number of hydrogen-bond acceptors (Lipinski definition) is 7. The molecule has 0 atom stereocenters. The number of nitrogens with zero attached hydrogens (tertiary/aromatic N) is 3. The van der Waals surface area contributed by atoms with Crippen LogP contribution in [0.25, 0.3) is 0 Å². The minimum atomic E-state index is -4.48. The molecule has 10 heteroatoms. The first-order valence-electron chi connectivity index (χ1n) is 7.94. The molecule has 7 nitrogen and oxygen atoms in total. The summed E-state index contributed by atoms with van der Waals surface area (Å²) >= 11 is 0. The van der Waals surface area contributed by atoms with Crippen LogP contribution in [0, 0.1) is 0 Å². The Morgan fingerprint density at radius 2 is 1.89 bits per heavy atom. The molecule has 3 aromatic rings. The zero-order valence-corrected chi connectivity index (χ0v) is 14.2. The SMILES string of the molecule is CCOc1nc(NCc2ccco2)nc(Oc2cccc(C(F)(F)F)c2)n1. The molecule has 0 bridgehead atoms. The lowest BCUT2D eigenvalue weighted by atomic mass is 10.2. The lowest BCUT2D eigenvalue weighted by Crippen LogP contribution is -2.08. The molecule has 0 spiro atoms. The average Bonchev–Trinajstić information content (AvgIpc) is 3.13. The van der Waals surface area contributed by atoms with Crippen molar-refractivity contribution in [2.24, 2.45) is 0 Å². The van der Waals surface area contributed by atoms with Gasteiger partial charge in [0.05, 0.1) is 25.0 Å². The molecular formula is C17H15F3N4O3. The third-order valence-electron chi connectivity index (χ3n) is 3.24. The first-order valence-corrected chi connectivity index (χ1v) is 7.94. The van der Waals surface area contributed by atoms with Gasteiger partial charge in [-0.2, -0.15) is 23.1 Å². The van der Waals surface area contributed by atoms with Gasteiger partial charge in [-0.25, -0.2) is 0 Å². The van der Waals surface area contributed by atoms with Crippen LogP contribution in [0.5, 0.6) is 17.8 Å². The summed E-state index contributed by atoms with van der Waals surface area (Å²) < 4.78 is 54.3. The van der Waals surface area contributed by atoms with Gasteiger partial charge in [-0.1, -0.05) is 6.07 Å². The van der Waals surface area contributed by atoms with Crippen LogP contribution in [0.2, 0.25) is 0 Å². The maximum absolute atomic E-state index is 12.8. The van der Waals surface area contributed by atoms with E-state index in [-0.39, 0.29) is 23.7 Å². The normalized spacial score (nSPS) is 11.3. The first-order chi connectivity index (χ1) is 12.9. The minimum Gasteiger partial charge on any atom is -0.467 e. The molecular weight excluding hydrogens is 365 g/mol. The molecule has 2 heterocycles. The number of anilines is 1. The number of benzene rings is 1. The largest absolute Gasteiger partial charge is 0.467 e. The molecule has 0 aliphatic heterocycles. The number of ether oxygens (including phenoxy) is 2. The van der Waals surface area contributed by atoms with Gasteiger partial charge in [0.25, 0.3) is 0 Å². The maximum atomic E-state index is 12.8. The summed E-state index contributed by atoms with van der Waals surface area (Å²) in [6, 6.07) is 7.69. The Morgan fingerprint density at radius 1 is 1.07 bits per heavy atom. The standard InChI is InChI=1S/C17H15F3N4O3/c1-2-25-15-22-14(21-10-13-7-4-8-26-13)23-16(24-15)27-12-6-3-5-11(9-12)17(18,19)20/h3-9H,2,10H2,1H3,(H,21,22,23,24). The molecule has 3 rings (SSSR count). The van der Waals surface area contributed by atoms with Gasteiger partial charge < -0.3 is 19.2 Å². The minimum absolute atomic E-state index is 0.0172. The van der Waals surface area contributed by atoms with Crippen molar-refractivity contribution in [2.45, 2.75) is 19.6 Å². The van der Waals surface area contributed by atoms with Gasteiger partial charge in [0.15, 0.2) is 0 Å². The molecule has 1 N–H and O–H groups in total. The summed E-state index contributed by atoms with van der Waals surface area (Å²) in [6.45, 7) is 2.34. The van der Waals surface area contributed by atoms with Crippen molar-refractivity contribution >= 4 is 5.95 Å². The molecule has 0 aliphatic rings. The Hall–Kier alpha value is -3.30. The van der Waals surface area contributed by atoms with E-state index in [4.69, 9.17) is 13.9 Å². The molecule has 0 fully saturated rings. The predicted molar refractivity (Wildman–Crippen MR) is 88.5 cm³/mol. The van der Waals surface area contributed by atoms with Crippen molar-refractivity contribution in [3.63, 3.8) is 0 Å². The number of nitrogens with one attached hydrogen (secondary N) is 1. The fourth-order valence-corrected chi connectivity index (χ4v) is 2.08. The maximum Gasteiger partial charge on any atom is 0.416 e. The molecule has 0 saturated heterocycles. The first kappa shape index (κ1) is 18.5. The molecule has 0 aliphatic carbocycles. The summed E-state index contributed by atoms with van der Waals surface area (Å²) in [6.07, 6.45) is -2.96. The van der Waals surface area contributed by atoms with Crippen LogP contribution in [0.15, 0.2) is 47.1 Å². The van der Waals surface area contributed by atoms with Crippen LogP contribution in [0.3, 0.4) is 0 Å². The molecule has 1 aromatic carbocycles. The van der Waals surface area contributed by atoms with Crippen molar-refractivity contribution in [1.82, 2.24) is 15.0 Å². The zero-order valence-electron chi connectivity index (χ0n) is 14.2. The predicted octanol–water partition coefficient (Wildman–Crippen LogP) is 4.29. The highest BCUT2D eigenvalue weighted by Gasteiger charge is 2.30. The van der Waals surface area contributed by atoms with E-state index in [0.717, 1.165) is 12.1 Å². The summed E-state index contributed by atoms with van der Waals surface area (Å²) in [5.74, 6) is 0.719. The van der Waals surface area contributed by atoms with Crippen LogP contribution in [0.1, 0.15) is 18.2 Å². The molecule has 27 heavy (non-hydrogen) atoms. The van der Waals surface area contributed by atoms with Crippen molar-refractivity contribution in [3.8, 4) is 17.8 Å². The topological polar surface area (TPSA) is 82.3 Å². The highest BCUT2D eigenvalue weighted by Crippen LogP contribution is 2.32. The zero-order chi connectivity index (χ0) is 19.3. The van der Waals surface area contributed by atoms with Gasteiger partial charge in [0.1, 0.15) is 11.5 Å². The second-order valence-electron chi connectivity index (χ2n) is 5.22. The number of furan rings is 1. The van der Waals surface area contributed by atoms with E-state index in [1.165, 1.54) is 18.4 Å². The van der Waals surface area contributed by atoms with E-state index in [0.29, 0.717) is 18.9 Å². The van der Waals surface area contributed by atoms with Gasteiger partial charge in [0.2, 0.25) is 5.95 Å². The smallest absolute Gasteiger partial charge is 0.416 e. The lowest BCUT2D eigenvalue weighted by molar-refractivity contribution is -0.137. The Labute approximate surface area is 152 Å². The highest BCUT2D eigenvalue weighted by atomic mass is 19.4. The molecule has 0 radical (unpaired) electrons. The van der Waals surface area contributed by atoms with Crippen molar-refractivity contribution in [3.05, 3.63) is 54.0 Å². The Kier molecular flexibility index (Phi) is 5.43. The third-order valence-corrected chi connectivity index (χ3v) is 3.24. The van der Waals surface area contributed by atoms with Crippen LogP contribution in [-0.4, -0.2) is 21.6 Å². The number of aromatic nitrogens is 3. The number of alkyl halides is 3. The fraction of sp³-hybridized carbons (Fsp3) is 0.235. The second-order valence-corrected chi connectivity index (χ2v) is 5.22. The summed E-state index contributed by atoms with van der Waals surface area (Å²) in [5.41, 5.74) is -0.838. The third kappa shape index (κ3) is 5.09. The van der Waals surface area contributed by atoms with Gasteiger partial charge >= 0.3 is 18.2 Å². The van der Waals surface area contributed by atoms with Crippen LogP contribution >= 0.6 is 0 Å². The number of halogens is 3. The van der Waals surface area contributed by atoms with Gasteiger partial charge in [-0.3, -0.25) is 0 Å². The highest BCUT2D eigenvalue weighted by molar-refractivity contribution is 5.34. The number of rotatable bonds is 7.